The van der Waals surface area contributed by atoms with Crippen LogP contribution in [0.2, 0.25) is 0 Å². The van der Waals surface area contributed by atoms with Crippen LogP contribution in [0.1, 0.15) is 21.5 Å². The zero-order valence-electron chi connectivity index (χ0n) is 12.9. The van der Waals surface area contributed by atoms with Crippen molar-refractivity contribution in [3.05, 3.63) is 70.3 Å². The van der Waals surface area contributed by atoms with E-state index in [0.717, 1.165) is 6.92 Å². The third-order valence-electron chi connectivity index (χ3n) is 3.60. The number of halogens is 4. The molecule has 132 valence electrons. The number of benzene rings is 2. The maximum absolute atomic E-state index is 13.8. The summed E-state index contributed by atoms with van der Waals surface area (Å²) in [6, 6.07) is 6.62. The highest BCUT2D eigenvalue weighted by Crippen LogP contribution is 2.23. The molecule has 0 aliphatic carbocycles. The van der Waals surface area contributed by atoms with Gasteiger partial charge in [-0.1, -0.05) is 30.3 Å². The van der Waals surface area contributed by atoms with E-state index < -0.39 is 52.3 Å². The average Bonchev–Trinajstić information content (AvgIpc) is 2.58. The first kappa shape index (κ1) is 18.4. The zero-order valence-corrected chi connectivity index (χ0v) is 12.9. The summed E-state index contributed by atoms with van der Waals surface area (Å²) in [5.74, 6) is -10.2. The molecule has 1 atom stereocenters. The minimum absolute atomic E-state index is 0.179. The van der Waals surface area contributed by atoms with Crippen LogP contribution in [-0.2, 0) is 11.2 Å². The molecule has 4 nitrogen and oxygen atoms in total. The van der Waals surface area contributed by atoms with Crippen LogP contribution < -0.4 is 5.32 Å². The van der Waals surface area contributed by atoms with Gasteiger partial charge in [0.2, 0.25) is 0 Å². The Hall–Kier alpha value is -2.90. The minimum atomic E-state index is -1.88. The Morgan fingerprint density at radius 2 is 1.52 bits per heavy atom. The Labute approximate surface area is 140 Å². The maximum atomic E-state index is 13.8. The van der Waals surface area contributed by atoms with Gasteiger partial charge in [0.1, 0.15) is 11.6 Å². The lowest BCUT2D eigenvalue weighted by Crippen LogP contribution is -2.43. The van der Waals surface area contributed by atoms with Crippen molar-refractivity contribution in [1.29, 1.82) is 0 Å². The Morgan fingerprint density at radius 3 is 2.00 bits per heavy atom. The molecule has 0 aromatic heterocycles. The van der Waals surface area contributed by atoms with Gasteiger partial charge in [-0.25, -0.2) is 22.4 Å². The van der Waals surface area contributed by atoms with Gasteiger partial charge in [-0.05, 0) is 12.5 Å². The second kappa shape index (κ2) is 7.33. The van der Waals surface area contributed by atoms with Gasteiger partial charge in [-0.3, -0.25) is 4.79 Å². The van der Waals surface area contributed by atoms with E-state index >= 15 is 0 Å². The zero-order chi connectivity index (χ0) is 18.7. The molecule has 0 saturated heterocycles. The van der Waals surface area contributed by atoms with Gasteiger partial charge in [0.25, 0.3) is 5.91 Å². The summed E-state index contributed by atoms with van der Waals surface area (Å²) in [5.41, 5.74) is -1.87. The van der Waals surface area contributed by atoms with Gasteiger partial charge >= 0.3 is 5.97 Å². The predicted octanol–water partition coefficient (Wildman–Crippen LogP) is 2.98. The van der Waals surface area contributed by atoms with Crippen LogP contribution in [-0.4, -0.2) is 23.0 Å². The van der Waals surface area contributed by atoms with E-state index in [4.69, 9.17) is 0 Å². The molecule has 0 aliphatic heterocycles. The average molecular weight is 355 g/mol. The molecular formula is C17H13F4NO3. The highest BCUT2D eigenvalue weighted by molar-refractivity contribution is 5.97. The lowest BCUT2D eigenvalue weighted by atomic mass is 10.0. The van der Waals surface area contributed by atoms with Crippen molar-refractivity contribution < 1.29 is 32.3 Å². The third kappa shape index (κ3) is 3.78. The van der Waals surface area contributed by atoms with Gasteiger partial charge in [0.05, 0.1) is 0 Å². The van der Waals surface area contributed by atoms with Crippen LogP contribution >= 0.6 is 0 Å². The van der Waals surface area contributed by atoms with E-state index in [1.165, 1.54) is 0 Å². The van der Waals surface area contributed by atoms with Gasteiger partial charge < -0.3 is 10.4 Å². The van der Waals surface area contributed by atoms with Gasteiger partial charge in [-0.15, -0.1) is 0 Å². The molecule has 0 radical (unpaired) electrons. The van der Waals surface area contributed by atoms with Crippen molar-refractivity contribution in [3.63, 3.8) is 0 Å². The standard InChI is InChI=1S/C17H13F4NO3/c1-8-12(18)14(20)11(15(21)13(8)19)16(23)22-10(17(24)25)7-9-5-3-2-4-6-9/h2-6,10H,7H2,1H3,(H,22,23)(H,24,25)/t10-/m0/s1. The first-order valence-corrected chi connectivity index (χ1v) is 7.14. The Balaban J connectivity index is 2.32. The maximum Gasteiger partial charge on any atom is 0.326 e. The van der Waals surface area contributed by atoms with Crippen molar-refractivity contribution in [2.75, 3.05) is 0 Å². The highest BCUT2D eigenvalue weighted by atomic mass is 19.2. The predicted molar refractivity (Wildman–Crippen MR) is 80.0 cm³/mol. The molecule has 0 saturated carbocycles. The summed E-state index contributed by atoms with van der Waals surface area (Å²) < 4.78 is 54.8. The quantitative estimate of drug-likeness (QED) is 0.640. The molecule has 0 unspecified atom stereocenters. The van der Waals surface area contributed by atoms with Crippen LogP contribution in [0.4, 0.5) is 17.6 Å². The van der Waals surface area contributed by atoms with E-state index in [0.29, 0.717) is 5.56 Å². The summed E-state index contributed by atoms with van der Waals surface area (Å²) in [6.45, 7) is 0.813. The SMILES string of the molecule is Cc1c(F)c(F)c(C(=O)N[C@@H](Cc2ccccc2)C(=O)O)c(F)c1F. The Kier molecular flexibility index (Phi) is 5.41. The van der Waals surface area contributed by atoms with Crippen molar-refractivity contribution >= 4 is 11.9 Å². The highest BCUT2D eigenvalue weighted by Gasteiger charge is 2.30. The number of hydrogen-bond donors (Lipinski definition) is 2. The molecule has 2 aromatic rings. The number of hydrogen-bond acceptors (Lipinski definition) is 2. The summed E-state index contributed by atoms with van der Waals surface area (Å²) in [6.07, 6.45) is -0.179. The summed E-state index contributed by atoms with van der Waals surface area (Å²) in [5, 5.41) is 11.1. The monoisotopic (exact) mass is 355 g/mol. The fraction of sp³-hybridized carbons (Fsp3) is 0.176. The van der Waals surface area contributed by atoms with Crippen LogP contribution in [0.15, 0.2) is 30.3 Å². The van der Waals surface area contributed by atoms with Crippen LogP contribution in [0, 0.1) is 30.2 Å². The molecule has 2 N–H and O–H groups in total. The third-order valence-corrected chi connectivity index (χ3v) is 3.60. The number of carbonyl (C=O) groups excluding carboxylic acids is 1. The van der Waals surface area contributed by atoms with Crippen molar-refractivity contribution in [1.82, 2.24) is 5.32 Å². The van der Waals surface area contributed by atoms with Gasteiger partial charge in [-0.2, -0.15) is 0 Å². The number of nitrogens with one attached hydrogen (secondary N) is 1. The summed E-state index contributed by atoms with van der Waals surface area (Å²) >= 11 is 0. The molecule has 0 heterocycles. The topological polar surface area (TPSA) is 66.4 Å². The molecule has 1 amide bonds. The van der Waals surface area contributed by atoms with Crippen molar-refractivity contribution in [2.24, 2.45) is 0 Å². The van der Waals surface area contributed by atoms with Crippen molar-refractivity contribution in [3.8, 4) is 0 Å². The van der Waals surface area contributed by atoms with Crippen molar-refractivity contribution in [2.45, 2.75) is 19.4 Å². The van der Waals surface area contributed by atoms with E-state index in [1.807, 2.05) is 5.32 Å². The molecule has 0 spiro atoms. The number of aliphatic carboxylic acids is 1. The number of rotatable bonds is 5. The van der Waals surface area contributed by atoms with Crippen LogP contribution in [0.25, 0.3) is 0 Å². The summed E-state index contributed by atoms with van der Waals surface area (Å²) in [4.78, 5) is 23.3. The van der Waals surface area contributed by atoms with Gasteiger partial charge in [0.15, 0.2) is 23.3 Å². The minimum Gasteiger partial charge on any atom is -0.480 e. The summed E-state index contributed by atoms with van der Waals surface area (Å²) in [7, 11) is 0. The van der Waals surface area contributed by atoms with Crippen LogP contribution in [0.3, 0.4) is 0 Å². The number of carboxylic acids is 1. The van der Waals surface area contributed by atoms with E-state index in [1.54, 1.807) is 30.3 Å². The largest absolute Gasteiger partial charge is 0.480 e. The first-order valence-electron chi connectivity index (χ1n) is 7.14. The van der Waals surface area contributed by atoms with E-state index in [-0.39, 0.29) is 6.42 Å². The molecule has 0 fully saturated rings. The number of carboxylic acid groups (broad SMARTS) is 1. The molecule has 2 aromatic carbocycles. The Morgan fingerprint density at radius 1 is 1.00 bits per heavy atom. The lowest BCUT2D eigenvalue weighted by molar-refractivity contribution is -0.139. The molecule has 8 heteroatoms. The molecule has 0 aliphatic rings. The fourth-order valence-electron chi connectivity index (χ4n) is 2.22. The smallest absolute Gasteiger partial charge is 0.326 e. The van der Waals surface area contributed by atoms with Gasteiger partial charge in [0, 0.05) is 12.0 Å². The second-order valence-corrected chi connectivity index (χ2v) is 5.31. The van der Waals surface area contributed by atoms with E-state index in [9.17, 15) is 32.3 Å². The normalized spacial score (nSPS) is 11.9. The number of carbonyl (C=O) groups is 2. The molecule has 0 bridgehead atoms. The number of amides is 1. The molecule has 2 rings (SSSR count). The lowest BCUT2D eigenvalue weighted by Gasteiger charge is -2.16. The second-order valence-electron chi connectivity index (χ2n) is 5.31. The fourth-order valence-corrected chi connectivity index (χ4v) is 2.22. The van der Waals surface area contributed by atoms with Crippen LogP contribution in [0.5, 0.6) is 0 Å². The molecular weight excluding hydrogens is 342 g/mol. The molecule has 25 heavy (non-hydrogen) atoms. The first-order chi connectivity index (χ1) is 11.7. The van der Waals surface area contributed by atoms with E-state index in [2.05, 4.69) is 0 Å². The Bertz CT molecular complexity index is 795.